The molecule has 1 aliphatic rings. The van der Waals surface area contributed by atoms with Crippen LogP contribution in [0.2, 0.25) is 0 Å². The van der Waals surface area contributed by atoms with Crippen LogP contribution in [0.4, 0.5) is 5.69 Å². The molecule has 1 fully saturated rings. The normalized spacial score (nSPS) is 14.5. The van der Waals surface area contributed by atoms with E-state index in [0.717, 1.165) is 29.1 Å². The van der Waals surface area contributed by atoms with Gasteiger partial charge in [-0.25, -0.2) is 0 Å². The van der Waals surface area contributed by atoms with Crippen molar-refractivity contribution in [3.8, 4) is 22.8 Å². The number of anilines is 1. The molecule has 1 amide bonds. The average Bonchev–Trinajstić information content (AvgIpc) is 3.28. The van der Waals surface area contributed by atoms with Gasteiger partial charge in [0.2, 0.25) is 11.7 Å². The number of nitrogens with one attached hydrogen (secondary N) is 1. The summed E-state index contributed by atoms with van der Waals surface area (Å²) < 4.78 is 1.71. The maximum absolute atomic E-state index is 12.4. The maximum atomic E-state index is 12.4. The van der Waals surface area contributed by atoms with E-state index in [-0.39, 0.29) is 5.91 Å². The number of pyridine rings is 1. The van der Waals surface area contributed by atoms with Gasteiger partial charge in [-0.05, 0) is 48.7 Å². The number of aromatic nitrogens is 5. The van der Waals surface area contributed by atoms with Gasteiger partial charge < -0.3 is 5.32 Å². The quantitative estimate of drug-likeness (QED) is 0.461. The number of hydrogen-bond donors (Lipinski definition) is 1. The molecule has 0 aliphatic heterocycles. The Morgan fingerprint density at radius 2 is 1.78 bits per heavy atom. The van der Waals surface area contributed by atoms with Crippen molar-refractivity contribution in [2.24, 2.45) is 5.92 Å². The lowest BCUT2D eigenvalue weighted by molar-refractivity contribution is -0.116. The topological polar surface area (TPSA) is 85.1 Å². The number of nitrogens with zero attached hydrogens (tertiary/aromatic N) is 5. The molecule has 3 aromatic heterocycles. The van der Waals surface area contributed by atoms with E-state index in [1.807, 2.05) is 54.6 Å². The van der Waals surface area contributed by atoms with Gasteiger partial charge in [-0.3, -0.25) is 9.78 Å². The Kier molecular flexibility index (Phi) is 5.87. The molecule has 0 spiro atoms. The van der Waals surface area contributed by atoms with Gasteiger partial charge in [0.15, 0.2) is 5.65 Å². The second-order valence-electron chi connectivity index (χ2n) is 8.40. The van der Waals surface area contributed by atoms with Crippen LogP contribution in [0.25, 0.3) is 28.4 Å². The molecule has 0 radical (unpaired) electrons. The highest BCUT2D eigenvalue weighted by atomic mass is 16.1. The second kappa shape index (κ2) is 9.26. The Morgan fingerprint density at radius 1 is 0.938 bits per heavy atom. The molecule has 0 saturated heterocycles. The Balaban J connectivity index is 1.28. The van der Waals surface area contributed by atoms with Crippen molar-refractivity contribution in [1.29, 1.82) is 0 Å². The third-order valence-electron chi connectivity index (χ3n) is 6.13. The first-order valence-electron chi connectivity index (χ1n) is 11.3. The summed E-state index contributed by atoms with van der Waals surface area (Å²) in [5.74, 6) is 1.41. The van der Waals surface area contributed by atoms with Gasteiger partial charge in [0.05, 0.1) is 5.69 Å². The molecule has 0 atom stereocenters. The molecule has 1 aromatic carbocycles. The van der Waals surface area contributed by atoms with E-state index in [2.05, 4.69) is 20.5 Å². The van der Waals surface area contributed by atoms with Crippen LogP contribution in [0.15, 0.2) is 60.8 Å². The zero-order valence-electron chi connectivity index (χ0n) is 17.9. The van der Waals surface area contributed by atoms with Crippen molar-refractivity contribution in [2.75, 3.05) is 5.32 Å². The summed E-state index contributed by atoms with van der Waals surface area (Å²) in [5, 5.41) is 16.2. The van der Waals surface area contributed by atoms with E-state index in [1.165, 1.54) is 32.1 Å². The van der Waals surface area contributed by atoms with Gasteiger partial charge in [-0.2, -0.15) is 9.61 Å². The first-order chi connectivity index (χ1) is 15.8. The lowest BCUT2D eigenvalue weighted by atomic mass is 9.86. The van der Waals surface area contributed by atoms with Crippen LogP contribution in [-0.2, 0) is 4.79 Å². The predicted octanol–water partition coefficient (Wildman–Crippen LogP) is 5.15. The van der Waals surface area contributed by atoms with E-state index in [1.54, 1.807) is 10.7 Å². The predicted molar refractivity (Wildman–Crippen MR) is 124 cm³/mol. The molecule has 0 unspecified atom stereocenters. The summed E-state index contributed by atoms with van der Waals surface area (Å²) in [5.41, 5.74) is 3.94. The minimum Gasteiger partial charge on any atom is -0.326 e. The molecule has 1 saturated carbocycles. The minimum atomic E-state index is 0.0901. The lowest BCUT2D eigenvalue weighted by Crippen LogP contribution is -2.14. The number of hydrogen-bond acceptors (Lipinski definition) is 5. The molecule has 4 aromatic rings. The van der Waals surface area contributed by atoms with Crippen LogP contribution in [0.1, 0.15) is 44.9 Å². The van der Waals surface area contributed by atoms with Gasteiger partial charge in [-0.1, -0.05) is 50.3 Å². The first kappa shape index (κ1) is 20.3. The minimum absolute atomic E-state index is 0.0901. The molecule has 5 rings (SSSR count). The van der Waals surface area contributed by atoms with Crippen molar-refractivity contribution in [2.45, 2.75) is 44.9 Å². The largest absolute Gasteiger partial charge is 0.326 e. The summed E-state index contributed by atoms with van der Waals surface area (Å²) in [7, 11) is 0. The molecule has 1 N–H and O–H groups in total. The van der Waals surface area contributed by atoms with Crippen molar-refractivity contribution in [3.63, 3.8) is 0 Å². The van der Waals surface area contributed by atoms with Crippen LogP contribution < -0.4 is 5.32 Å². The summed E-state index contributed by atoms with van der Waals surface area (Å²) in [6.07, 6.45) is 9.82. The highest BCUT2D eigenvalue weighted by Gasteiger charge is 2.15. The molecule has 32 heavy (non-hydrogen) atoms. The summed E-state index contributed by atoms with van der Waals surface area (Å²) >= 11 is 0. The summed E-state index contributed by atoms with van der Waals surface area (Å²) in [4.78, 5) is 16.7. The van der Waals surface area contributed by atoms with Crippen LogP contribution in [0.5, 0.6) is 0 Å². The maximum Gasteiger partial charge on any atom is 0.224 e. The molecule has 3 heterocycles. The molecule has 7 nitrogen and oxygen atoms in total. The molecule has 162 valence electrons. The summed E-state index contributed by atoms with van der Waals surface area (Å²) in [6, 6.07) is 17.3. The fraction of sp³-hybridized carbons (Fsp3) is 0.320. The number of carbonyl (C=O) groups excluding carboxylic acids is 1. The Bertz CT molecular complexity index is 1200. The van der Waals surface area contributed by atoms with Gasteiger partial charge >= 0.3 is 0 Å². The van der Waals surface area contributed by atoms with E-state index >= 15 is 0 Å². The van der Waals surface area contributed by atoms with Crippen molar-refractivity contribution in [1.82, 2.24) is 24.8 Å². The molecular weight excluding hydrogens is 400 g/mol. The Hall–Kier alpha value is -3.61. The lowest BCUT2D eigenvalue weighted by Gasteiger charge is -2.21. The fourth-order valence-electron chi connectivity index (χ4n) is 4.36. The smallest absolute Gasteiger partial charge is 0.224 e. The highest BCUT2D eigenvalue weighted by molar-refractivity contribution is 5.90. The first-order valence-corrected chi connectivity index (χ1v) is 11.3. The number of amides is 1. The standard InChI is InChI=1S/C25H26N6O/c32-24(16-9-18-6-2-1-3-7-18)27-20-12-10-19(11-13-20)21-14-15-23-28-29-25(31(23)30-21)22-8-4-5-17-26-22/h4-5,8,10-15,17-18H,1-3,6-7,9,16H2,(H,27,32). The van der Waals surface area contributed by atoms with Crippen LogP contribution in [-0.4, -0.2) is 30.7 Å². The fourth-order valence-corrected chi connectivity index (χ4v) is 4.36. The zero-order chi connectivity index (χ0) is 21.8. The third-order valence-corrected chi connectivity index (χ3v) is 6.13. The van der Waals surface area contributed by atoms with Crippen LogP contribution in [0.3, 0.4) is 0 Å². The number of fused-ring (bicyclic) bond motifs is 1. The summed E-state index contributed by atoms with van der Waals surface area (Å²) in [6.45, 7) is 0. The van der Waals surface area contributed by atoms with Crippen molar-refractivity contribution in [3.05, 3.63) is 60.8 Å². The van der Waals surface area contributed by atoms with Gasteiger partial charge in [0.1, 0.15) is 5.69 Å². The monoisotopic (exact) mass is 426 g/mol. The van der Waals surface area contributed by atoms with E-state index in [0.29, 0.717) is 23.8 Å². The second-order valence-corrected chi connectivity index (χ2v) is 8.40. The molecular formula is C25H26N6O. The molecule has 1 aliphatic carbocycles. The Morgan fingerprint density at radius 3 is 2.56 bits per heavy atom. The van der Waals surface area contributed by atoms with E-state index in [9.17, 15) is 4.79 Å². The van der Waals surface area contributed by atoms with Crippen LogP contribution in [0, 0.1) is 5.92 Å². The highest BCUT2D eigenvalue weighted by Crippen LogP contribution is 2.27. The van der Waals surface area contributed by atoms with Crippen molar-refractivity contribution >= 4 is 17.2 Å². The third kappa shape index (κ3) is 4.51. The average molecular weight is 427 g/mol. The van der Waals surface area contributed by atoms with E-state index < -0.39 is 0 Å². The number of rotatable bonds is 6. The number of benzene rings is 1. The zero-order valence-corrected chi connectivity index (χ0v) is 17.9. The van der Waals surface area contributed by atoms with Crippen molar-refractivity contribution < 1.29 is 4.79 Å². The van der Waals surface area contributed by atoms with Gasteiger partial charge in [0, 0.05) is 23.9 Å². The SMILES string of the molecule is O=C(CCC1CCCCC1)Nc1ccc(-c2ccc3nnc(-c4ccccn4)n3n2)cc1. The Labute approximate surface area is 186 Å². The number of carbonyl (C=O) groups is 1. The molecule has 7 heteroatoms. The molecule has 0 bridgehead atoms. The van der Waals surface area contributed by atoms with E-state index in [4.69, 9.17) is 5.10 Å². The van der Waals surface area contributed by atoms with Gasteiger partial charge in [0.25, 0.3) is 0 Å². The van der Waals surface area contributed by atoms with Crippen LogP contribution >= 0.6 is 0 Å². The van der Waals surface area contributed by atoms with Gasteiger partial charge in [-0.15, -0.1) is 10.2 Å².